The smallest absolute Gasteiger partial charge is 0.180 e. The van der Waals surface area contributed by atoms with Crippen LogP contribution in [0.1, 0.15) is 38.0 Å². The molecule has 0 spiro atoms. The van der Waals surface area contributed by atoms with Crippen molar-refractivity contribution in [3.63, 3.8) is 0 Å². The van der Waals surface area contributed by atoms with E-state index < -0.39 is 0 Å². The third-order valence-electron chi connectivity index (χ3n) is 4.22. The topological polar surface area (TPSA) is 81.4 Å². The van der Waals surface area contributed by atoms with Gasteiger partial charge in [-0.25, -0.2) is 9.97 Å². The lowest BCUT2D eigenvalue weighted by Crippen LogP contribution is -2.21. The van der Waals surface area contributed by atoms with Crippen LogP contribution in [-0.2, 0) is 13.0 Å². The van der Waals surface area contributed by atoms with Gasteiger partial charge in [0.25, 0.3) is 0 Å². The molecule has 1 atom stereocenters. The summed E-state index contributed by atoms with van der Waals surface area (Å²) in [7, 11) is 0. The molecule has 23 heavy (non-hydrogen) atoms. The van der Waals surface area contributed by atoms with Crippen LogP contribution in [0.2, 0.25) is 0 Å². The second kappa shape index (κ2) is 5.57. The van der Waals surface area contributed by atoms with Crippen molar-refractivity contribution in [2.24, 2.45) is 5.92 Å². The standard InChI is InChI=1S/C16H19N7/c1-10(2)14(16-22-21-13-4-3-9-23(13)16)19-12-6-5-11-15(20-12)18-8-7-17-11/h5-8,10,14H,3-4,9H2,1-2H3,(H,18,19,20)/t14-/m0/s1. The van der Waals surface area contributed by atoms with Crippen LogP contribution >= 0.6 is 0 Å². The molecule has 0 amide bonds. The SMILES string of the molecule is CC(C)[C@H](Nc1ccc2nccnc2n1)c1nnc2n1CCC2. The summed E-state index contributed by atoms with van der Waals surface area (Å²) < 4.78 is 2.23. The van der Waals surface area contributed by atoms with Gasteiger partial charge in [-0.1, -0.05) is 13.8 Å². The summed E-state index contributed by atoms with van der Waals surface area (Å²) in [5, 5.41) is 12.2. The molecule has 0 unspecified atom stereocenters. The summed E-state index contributed by atoms with van der Waals surface area (Å²) in [6.45, 7) is 5.35. The number of aryl methyl sites for hydroxylation is 1. The highest BCUT2D eigenvalue weighted by Gasteiger charge is 2.26. The average molecular weight is 309 g/mol. The first-order valence-electron chi connectivity index (χ1n) is 7.98. The molecule has 1 N–H and O–H groups in total. The van der Waals surface area contributed by atoms with Crippen LogP contribution in [0.3, 0.4) is 0 Å². The van der Waals surface area contributed by atoms with Crippen molar-refractivity contribution in [3.05, 3.63) is 36.2 Å². The van der Waals surface area contributed by atoms with Gasteiger partial charge in [-0.3, -0.25) is 4.98 Å². The molecule has 0 aliphatic carbocycles. The summed E-state index contributed by atoms with van der Waals surface area (Å²) in [5.41, 5.74) is 1.44. The van der Waals surface area contributed by atoms with Gasteiger partial charge in [0.1, 0.15) is 17.2 Å². The Morgan fingerprint density at radius 2 is 2.00 bits per heavy atom. The minimum Gasteiger partial charge on any atom is -0.360 e. The molecular formula is C16H19N7. The van der Waals surface area contributed by atoms with Gasteiger partial charge < -0.3 is 9.88 Å². The third-order valence-corrected chi connectivity index (χ3v) is 4.22. The summed E-state index contributed by atoms with van der Waals surface area (Å²) >= 11 is 0. The molecule has 0 aromatic carbocycles. The van der Waals surface area contributed by atoms with Crippen molar-refractivity contribution in [1.82, 2.24) is 29.7 Å². The molecule has 4 heterocycles. The van der Waals surface area contributed by atoms with E-state index in [1.165, 1.54) is 0 Å². The van der Waals surface area contributed by atoms with Crippen molar-refractivity contribution in [3.8, 4) is 0 Å². The molecule has 1 aliphatic heterocycles. The van der Waals surface area contributed by atoms with Crippen LogP contribution < -0.4 is 5.32 Å². The van der Waals surface area contributed by atoms with E-state index in [-0.39, 0.29) is 6.04 Å². The molecule has 0 saturated heterocycles. The van der Waals surface area contributed by atoms with Crippen LogP contribution in [-0.4, -0.2) is 29.7 Å². The van der Waals surface area contributed by atoms with Crippen molar-refractivity contribution in [2.45, 2.75) is 39.3 Å². The largest absolute Gasteiger partial charge is 0.360 e. The predicted octanol–water partition coefficient (Wildman–Crippen LogP) is 2.37. The van der Waals surface area contributed by atoms with Crippen LogP contribution in [0, 0.1) is 5.92 Å². The number of anilines is 1. The molecule has 3 aromatic rings. The highest BCUT2D eigenvalue weighted by atomic mass is 15.3. The van der Waals surface area contributed by atoms with Crippen LogP contribution in [0.25, 0.3) is 11.2 Å². The summed E-state index contributed by atoms with van der Waals surface area (Å²) in [4.78, 5) is 13.1. The zero-order valence-electron chi connectivity index (χ0n) is 13.3. The summed E-state index contributed by atoms with van der Waals surface area (Å²) in [6, 6.07) is 3.94. The fourth-order valence-electron chi connectivity index (χ4n) is 3.03. The fraction of sp³-hybridized carbons (Fsp3) is 0.438. The number of hydrogen-bond acceptors (Lipinski definition) is 6. The Morgan fingerprint density at radius 3 is 2.87 bits per heavy atom. The van der Waals surface area contributed by atoms with Crippen molar-refractivity contribution in [2.75, 3.05) is 5.32 Å². The number of fused-ring (bicyclic) bond motifs is 2. The molecule has 118 valence electrons. The Labute approximate surface area is 134 Å². The number of nitrogens with zero attached hydrogens (tertiary/aromatic N) is 6. The third kappa shape index (κ3) is 2.52. The van der Waals surface area contributed by atoms with Gasteiger partial charge in [0.2, 0.25) is 0 Å². The van der Waals surface area contributed by atoms with Gasteiger partial charge in [-0.15, -0.1) is 10.2 Å². The quantitative estimate of drug-likeness (QED) is 0.797. The molecule has 0 radical (unpaired) electrons. The van der Waals surface area contributed by atoms with E-state index in [2.05, 4.69) is 48.9 Å². The van der Waals surface area contributed by atoms with Crippen LogP contribution in [0.5, 0.6) is 0 Å². The molecule has 0 fully saturated rings. The van der Waals surface area contributed by atoms with Gasteiger partial charge in [0, 0.05) is 25.4 Å². The van der Waals surface area contributed by atoms with E-state index in [0.29, 0.717) is 11.6 Å². The van der Waals surface area contributed by atoms with Crippen molar-refractivity contribution >= 4 is 17.0 Å². The molecule has 0 bridgehead atoms. The zero-order valence-corrected chi connectivity index (χ0v) is 13.3. The molecule has 3 aromatic heterocycles. The number of nitrogens with one attached hydrogen (secondary N) is 1. The second-order valence-corrected chi connectivity index (χ2v) is 6.19. The maximum atomic E-state index is 4.56. The first-order valence-corrected chi connectivity index (χ1v) is 7.98. The van der Waals surface area contributed by atoms with Gasteiger partial charge in [0.15, 0.2) is 11.5 Å². The van der Waals surface area contributed by atoms with E-state index in [9.17, 15) is 0 Å². The highest BCUT2D eigenvalue weighted by molar-refractivity contribution is 5.71. The number of hydrogen-bond donors (Lipinski definition) is 1. The van der Waals surface area contributed by atoms with Crippen molar-refractivity contribution in [1.29, 1.82) is 0 Å². The Bertz CT molecular complexity index is 839. The molecule has 7 heteroatoms. The van der Waals surface area contributed by atoms with Gasteiger partial charge in [-0.05, 0) is 24.5 Å². The normalized spacial score (nSPS) is 15.1. The average Bonchev–Trinajstić information content (AvgIpc) is 3.16. The Kier molecular flexibility index (Phi) is 3.40. The molecule has 7 nitrogen and oxygen atoms in total. The van der Waals surface area contributed by atoms with Gasteiger partial charge in [0.05, 0.1) is 6.04 Å². The molecular weight excluding hydrogens is 290 g/mol. The maximum absolute atomic E-state index is 4.56. The first kappa shape index (κ1) is 14.0. The van der Waals surface area contributed by atoms with Crippen LogP contribution in [0.4, 0.5) is 5.82 Å². The lowest BCUT2D eigenvalue weighted by atomic mass is 10.0. The number of aromatic nitrogens is 6. The lowest BCUT2D eigenvalue weighted by molar-refractivity contribution is 0.495. The Hall–Kier alpha value is -2.57. The summed E-state index contributed by atoms with van der Waals surface area (Å²) in [6.07, 6.45) is 5.49. The molecule has 4 rings (SSSR count). The summed E-state index contributed by atoms with van der Waals surface area (Å²) in [5.74, 6) is 3.23. The van der Waals surface area contributed by atoms with Gasteiger partial charge >= 0.3 is 0 Å². The lowest BCUT2D eigenvalue weighted by Gasteiger charge is -2.22. The second-order valence-electron chi connectivity index (χ2n) is 6.19. The van der Waals surface area contributed by atoms with E-state index in [1.807, 2.05) is 12.1 Å². The fourth-order valence-corrected chi connectivity index (χ4v) is 3.03. The molecule has 1 aliphatic rings. The Balaban J connectivity index is 1.67. The monoisotopic (exact) mass is 309 g/mol. The van der Waals surface area contributed by atoms with Crippen molar-refractivity contribution < 1.29 is 0 Å². The predicted molar refractivity (Wildman–Crippen MR) is 86.9 cm³/mol. The maximum Gasteiger partial charge on any atom is 0.180 e. The zero-order chi connectivity index (χ0) is 15.8. The van der Waals surface area contributed by atoms with E-state index in [1.54, 1.807) is 12.4 Å². The first-order chi connectivity index (χ1) is 11.2. The minimum atomic E-state index is 0.0657. The minimum absolute atomic E-state index is 0.0657. The number of rotatable bonds is 4. The van der Waals surface area contributed by atoms with Crippen LogP contribution in [0.15, 0.2) is 24.5 Å². The Morgan fingerprint density at radius 1 is 1.13 bits per heavy atom. The van der Waals surface area contributed by atoms with E-state index in [0.717, 1.165) is 42.4 Å². The van der Waals surface area contributed by atoms with E-state index >= 15 is 0 Å². The number of pyridine rings is 1. The van der Waals surface area contributed by atoms with Gasteiger partial charge in [-0.2, -0.15) is 0 Å². The molecule has 0 saturated carbocycles. The highest BCUT2D eigenvalue weighted by Crippen LogP contribution is 2.28. The van der Waals surface area contributed by atoms with E-state index in [4.69, 9.17) is 0 Å².